The molecule has 2 aromatic rings. The normalized spacial score (nSPS) is 18.9. The van der Waals surface area contributed by atoms with E-state index in [0.717, 1.165) is 37.7 Å². The van der Waals surface area contributed by atoms with Crippen molar-refractivity contribution in [3.05, 3.63) is 36.3 Å². The van der Waals surface area contributed by atoms with Crippen LogP contribution in [0.4, 0.5) is 5.82 Å². The second kappa shape index (κ2) is 6.67. The minimum atomic E-state index is 0.511. The quantitative estimate of drug-likeness (QED) is 0.896. The molecule has 1 aliphatic rings. The number of anilines is 1. The van der Waals surface area contributed by atoms with Gasteiger partial charge in [-0.05, 0) is 38.0 Å². The Labute approximate surface area is 125 Å². The van der Waals surface area contributed by atoms with Gasteiger partial charge in [-0.25, -0.2) is 0 Å². The van der Waals surface area contributed by atoms with Gasteiger partial charge in [-0.3, -0.25) is 4.68 Å². The molecule has 0 aromatic carbocycles. The van der Waals surface area contributed by atoms with Crippen LogP contribution in [0, 0.1) is 6.92 Å². The van der Waals surface area contributed by atoms with Crippen molar-refractivity contribution < 1.29 is 0 Å². The van der Waals surface area contributed by atoms with E-state index in [0.29, 0.717) is 6.04 Å². The number of hydrogen-bond acceptors (Lipinski definition) is 5. The number of nitrogens with zero attached hydrogens (tertiary/aromatic N) is 5. The van der Waals surface area contributed by atoms with Crippen molar-refractivity contribution in [1.29, 1.82) is 0 Å². The first-order valence-electron chi connectivity index (χ1n) is 7.57. The summed E-state index contributed by atoms with van der Waals surface area (Å²) in [5.74, 6) is 0.985. The topological polar surface area (TPSA) is 58.9 Å². The summed E-state index contributed by atoms with van der Waals surface area (Å²) in [5, 5.41) is 16.3. The molecule has 1 saturated heterocycles. The monoisotopic (exact) mass is 286 g/mol. The Balaban J connectivity index is 1.49. The average molecular weight is 286 g/mol. The first kappa shape index (κ1) is 14.0. The Kier molecular flexibility index (Phi) is 4.45. The van der Waals surface area contributed by atoms with Crippen LogP contribution >= 0.6 is 0 Å². The van der Waals surface area contributed by atoms with Crippen LogP contribution in [0.25, 0.3) is 0 Å². The molecule has 1 aliphatic heterocycles. The van der Waals surface area contributed by atoms with Gasteiger partial charge in [0.25, 0.3) is 0 Å². The lowest BCUT2D eigenvalue weighted by molar-refractivity contribution is 0.406. The smallest absolute Gasteiger partial charge is 0.151 e. The fourth-order valence-electron chi connectivity index (χ4n) is 2.73. The van der Waals surface area contributed by atoms with Crippen molar-refractivity contribution in [3.63, 3.8) is 0 Å². The van der Waals surface area contributed by atoms with E-state index in [1.165, 1.54) is 12.8 Å². The summed E-state index contributed by atoms with van der Waals surface area (Å²) < 4.78 is 1.96. The summed E-state index contributed by atoms with van der Waals surface area (Å²) in [6, 6.07) is 6.56. The molecule has 0 spiro atoms. The van der Waals surface area contributed by atoms with Crippen LogP contribution in [0.1, 0.15) is 18.5 Å². The molecule has 1 atom stereocenters. The van der Waals surface area contributed by atoms with E-state index in [1.54, 1.807) is 0 Å². The molecular formula is C15H22N6. The molecule has 2 aromatic heterocycles. The van der Waals surface area contributed by atoms with E-state index in [9.17, 15) is 0 Å². The zero-order chi connectivity index (χ0) is 14.5. The summed E-state index contributed by atoms with van der Waals surface area (Å²) in [4.78, 5) is 2.32. The van der Waals surface area contributed by atoms with E-state index in [1.807, 2.05) is 36.1 Å². The number of aryl methyl sites for hydroxylation is 1. The predicted octanol–water partition coefficient (Wildman–Crippen LogP) is 1.24. The standard InChI is InChI=1S/C15H22N6/c1-13-5-6-15(19-18-13)20-9-2-4-14(12-20)16-8-11-21-10-3-7-17-21/h3,5-7,10,14,16H,2,4,8-9,11-12H2,1H3/t14-/m1/s1. The Morgan fingerprint density at radius 3 is 3.05 bits per heavy atom. The van der Waals surface area contributed by atoms with Gasteiger partial charge in [0.05, 0.1) is 12.2 Å². The first-order valence-corrected chi connectivity index (χ1v) is 7.57. The number of nitrogens with one attached hydrogen (secondary N) is 1. The van der Waals surface area contributed by atoms with E-state index >= 15 is 0 Å². The minimum Gasteiger partial charge on any atom is -0.354 e. The molecule has 0 radical (unpaired) electrons. The second-order valence-electron chi connectivity index (χ2n) is 5.54. The van der Waals surface area contributed by atoms with Crippen molar-refractivity contribution in [3.8, 4) is 0 Å². The Hall–Kier alpha value is -1.95. The zero-order valence-corrected chi connectivity index (χ0v) is 12.4. The van der Waals surface area contributed by atoms with Gasteiger partial charge >= 0.3 is 0 Å². The number of piperidine rings is 1. The zero-order valence-electron chi connectivity index (χ0n) is 12.4. The highest BCUT2D eigenvalue weighted by atomic mass is 15.3. The lowest BCUT2D eigenvalue weighted by Crippen LogP contribution is -2.46. The Morgan fingerprint density at radius 1 is 1.33 bits per heavy atom. The van der Waals surface area contributed by atoms with E-state index in [-0.39, 0.29) is 0 Å². The van der Waals surface area contributed by atoms with Crippen LogP contribution in [0.15, 0.2) is 30.6 Å². The third-order valence-electron chi connectivity index (χ3n) is 3.86. The molecule has 0 aliphatic carbocycles. The lowest BCUT2D eigenvalue weighted by atomic mass is 10.1. The second-order valence-corrected chi connectivity index (χ2v) is 5.54. The molecule has 1 fully saturated rings. The molecule has 0 amide bonds. The van der Waals surface area contributed by atoms with Crippen molar-refractivity contribution in [2.24, 2.45) is 0 Å². The number of hydrogen-bond donors (Lipinski definition) is 1. The molecule has 3 rings (SSSR count). The van der Waals surface area contributed by atoms with Crippen LogP contribution in [-0.4, -0.2) is 45.7 Å². The van der Waals surface area contributed by atoms with Gasteiger partial charge in [0.2, 0.25) is 0 Å². The fourth-order valence-corrected chi connectivity index (χ4v) is 2.73. The van der Waals surface area contributed by atoms with Gasteiger partial charge in [0.1, 0.15) is 0 Å². The molecule has 6 heteroatoms. The van der Waals surface area contributed by atoms with Crippen LogP contribution in [-0.2, 0) is 6.54 Å². The largest absolute Gasteiger partial charge is 0.354 e. The van der Waals surface area contributed by atoms with E-state index in [2.05, 4.69) is 31.6 Å². The molecule has 0 unspecified atom stereocenters. The molecule has 3 heterocycles. The molecule has 1 N–H and O–H groups in total. The summed E-state index contributed by atoms with van der Waals surface area (Å²) in [6.07, 6.45) is 6.22. The van der Waals surface area contributed by atoms with E-state index in [4.69, 9.17) is 0 Å². The van der Waals surface area contributed by atoms with Gasteiger partial charge in [-0.2, -0.15) is 10.2 Å². The maximum Gasteiger partial charge on any atom is 0.151 e. The molecule has 21 heavy (non-hydrogen) atoms. The lowest BCUT2D eigenvalue weighted by Gasteiger charge is -2.33. The summed E-state index contributed by atoms with van der Waals surface area (Å²) in [5.41, 5.74) is 0.963. The average Bonchev–Trinajstić information content (AvgIpc) is 3.02. The molecule has 0 saturated carbocycles. The summed E-state index contributed by atoms with van der Waals surface area (Å²) >= 11 is 0. The number of rotatable bonds is 5. The SMILES string of the molecule is Cc1ccc(N2CCC[C@@H](NCCn3cccn3)C2)nn1. The highest BCUT2D eigenvalue weighted by Crippen LogP contribution is 2.17. The van der Waals surface area contributed by atoms with Gasteiger partial charge in [0, 0.05) is 38.1 Å². The molecular weight excluding hydrogens is 264 g/mol. The van der Waals surface area contributed by atoms with Gasteiger partial charge in [-0.1, -0.05) is 0 Å². The van der Waals surface area contributed by atoms with Gasteiger partial charge < -0.3 is 10.2 Å². The minimum absolute atomic E-state index is 0.511. The van der Waals surface area contributed by atoms with Crippen LogP contribution in [0.2, 0.25) is 0 Å². The van der Waals surface area contributed by atoms with Crippen LogP contribution in [0.5, 0.6) is 0 Å². The van der Waals surface area contributed by atoms with Gasteiger partial charge in [-0.15, -0.1) is 5.10 Å². The first-order chi connectivity index (χ1) is 10.3. The highest BCUT2D eigenvalue weighted by Gasteiger charge is 2.20. The number of aromatic nitrogens is 4. The molecule has 112 valence electrons. The Bertz CT molecular complexity index is 536. The van der Waals surface area contributed by atoms with Crippen molar-refractivity contribution in [2.45, 2.75) is 32.4 Å². The third-order valence-corrected chi connectivity index (χ3v) is 3.86. The maximum absolute atomic E-state index is 4.29. The van der Waals surface area contributed by atoms with Crippen LogP contribution < -0.4 is 10.2 Å². The maximum atomic E-state index is 4.29. The van der Waals surface area contributed by atoms with Gasteiger partial charge in [0.15, 0.2) is 5.82 Å². The summed E-state index contributed by atoms with van der Waals surface area (Å²) in [6.45, 7) is 5.88. The molecule has 0 bridgehead atoms. The van der Waals surface area contributed by atoms with Crippen molar-refractivity contribution in [2.75, 3.05) is 24.5 Å². The van der Waals surface area contributed by atoms with Crippen LogP contribution in [0.3, 0.4) is 0 Å². The molecule has 6 nitrogen and oxygen atoms in total. The van der Waals surface area contributed by atoms with E-state index < -0.39 is 0 Å². The Morgan fingerprint density at radius 2 is 2.29 bits per heavy atom. The summed E-state index contributed by atoms with van der Waals surface area (Å²) in [7, 11) is 0. The fraction of sp³-hybridized carbons (Fsp3) is 0.533. The van der Waals surface area contributed by atoms with Crippen molar-refractivity contribution in [1.82, 2.24) is 25.3 Å². The predicted molar refractivity (Wildman–Crippen MR) is 82.2 cm³/mol. The van der Waals surface area contributed by atoms with Crippen molar-refractivity contribution >= 4 is 5.82 Å². The third kappa shape index (κ3) is 3.78. The highest BCUT2D eigenvalue weighted by molar-refractivity contribution is 5.38.